The van der Waals surface area contributed by atoms with E-state index < -0.39 is 11.6 Å². The van der Waals surface area contributed by atoms with E-state index in [2.05, 4.69) is 16.7 Å². The lowest BCUT2D eigenvalue weighted by atomic mass is 9.96. The van der Waals surface area contributed by atoms with Gasteiger partial charge in [-0.25, -0.2) is 23.3 Å². The molecule has 1 aliphatic rings. The van der Waals surface area contributed by atoms with Crippen LogP contribution >= 0.6 is 11.3 Å². The Labute approximate surface area is 260 Å². The van der Waals surface area contributed by atoms with Crippen LogP contribution in [0.1, 0.15) is 18.7 Å². The van der Waals surface area contributed by atoms with Gasteiger partial charge in [0.15, 0.2) is 5.65 Å². The number of thiophene rings is 1. The van der Waals surface area contributed by atoms with Crippen molar-refractivity contribution in [2.24, 2.45) is 0 Å². The first kappa shape index (κ1) is 28.7. The van der Waals surface area contributed by atoms with Crippen molar-refractivity contribution in [2.75, 3.05) is 26.9 Å². The predicted octanol–water partition coefficient (Wildman–Crippen LogP) is 5.93. The third kappa shape index (κ3) is 4.93. The molecule has 0 N–H and O–H groups in total. The van der Waals surface area contributed by atoms with Crippen molar-refractivity contribution < 1.29 is 23.0 Å². The van der Waals surface area contributed by atoms with Gasteiger partial charge in [0.2, 0.25) is 5.91 Å². The highest BCUT2D eigenvalue weighted by atomic mass is 32.1. The normalized spacial score (nSPS) is 14.7. The van der Waals surface area contributed by atoms with Gasteiger partial charge in [0.1, 0.15) is 41.7 Å². The Morgan fingerprint density at radius 1 is 1.13 bits per heavy atom. The number of benzene rings is 1. The van der Waals surface area contributed by atoms with Crippen molar-refractivity contribution in [3.63, 3.8) is 0 Å². The summed E-state index contributed by atoms with van der Waals surface area (Å²) in [4.78, 5) is 23.8. The number of rotatable bonds is 8. The molecule has 13 heteroatoms. The van der Waals surface area contributed by atoms with Crippen LogP contribution in [0.5, 0.6) is 5.75 Å². The molecule has 0 spiro atoms. The molecule has 0 bridgehead atoms. The number of carbonyl (C=O) groups is 1. The van der Waals surface area contributed by atoms with Crippen LogP contribution < -0.4 is 4.74 Å². The first-order chi connectivity index (χ1) is 21.9. The standard InChI is InChI=1S/C32H27F2N7O3S/c1-4-27(42)39-8-9-40-24(18(39)2)16-23(38-40)31-29(28-22(34)14-20(33)15-25(28)44-11-10-43-3)32-21(6-12-45-32)30(37-31)19-5-7-41-26(13-19)35-17-36-41/h4-7,12-18H,1,8-11H2,2-3H3. The molecule has 1 aliphatic heterocycles. The number of amides is 1. The number of nitrogens with zero attached hydrogens (tertiary/aromatic N) is 7. The SMILES string of the molecule is C=CC(=O)N1CCn2nc(-c3nc(-c4ccn5ncnc5c4)c4ccsc4c3-c3c(F)cc(F)cc3OCCOC)cc2C1C. The molecule has 1 unspecified atom stereocenters. The van der Waals surface area contributed by atoms with Gasteiger partial charge in [-0.1, -0.05) is 6.58 Å². The second-order valence-electron chi connectivity index (χ2n) is 10.5. The highest BCUT2D eigenvalue weighted by Crippen LogP contribution is 2.47. The molecule has 228 valence electrons. The van der Waals surface area contributed by atoms with Crippen LogP contribution in [0.3, 0.4) is 0 Å². The zero-order valence-electron chi connectivity index (χ0n) is 24.4. The largest absolute Gasteiger partial charge is 0.490 e. The lowest BCUT2D eigenvalue weighted by molar-refractivity contribution is -0.129. The molecule has 45 heavy (non-hydrogen) atoms. The van der Waals surface area contributed by atoms with E-state index in [1.165, 1.54) is 36.9 Å². The van der Waals surface area contributed by atoms with Gasteiger partial charge in [0, 0.05) is 53.2 Å². The fourth-order valence-electron chi connectivity index (χ4n) is 5.80. The minimum absolute atomic E-state index is 0.0278. The Balaban J connectivity index is 1.50. The van der Waals surface area contributed by atoms with Gasteiger partial charge >= 0.3 is 0 Å². The molecule has 1 aromatic carbocycles. The Morgan fingerprint density at radius 3 is 2.82 bits per heavy atom. The highest BCUT2D eigenvalue weighted by Gasteiger charge is 2.31. The smallest absolute Gasteiger partial charge is 0.246 e. The van der Waals surface area contributed by atoms with Crippen LogP contribution in [0.15, 0.2) is 67.0 Å². The minimum Gasteiger partial charge on any atom is -0.490 e. The van der Waals surface area contributed by atoms with E-state index in [0.717, 1.165) is 27.4 Å². The topological polar surface area (TPSA) is 99.7 Å². The van der Waals surface area contributed by atoms with E-state index in [1.54, 1.807) is 15.6 Å². The third-order valence-electron chi connectivity index (χ3n) is 7.94. The summed E-state index contributed by atoms with van der Waals surface area (Å²) in [5.74, 6) is -1.71. The Bertz CT molecular complexity index is 2100. The summed E-state index contributed by atoms with van der Waals surface area (Å²) in [6.45, 7) is 6.80. The summed E-state index contributed by atoms with van der Waals surface area (Å²) in [5, 5.41) is 11.8. The van der Waals surface area contributed by atoms with Gasteiger partial charge < -0.3 is 14.4 Å². The maximum Gasteiger partial charge on any atom is 0.246 e. The Kier molecular flexibility index (Phi) is 7.34. The zero-order chi connectivity index (χ0) is 31.2. The monoisotopic (exact) mass is 627 g/mol. The van der Waals surface area contributed by atoms with Crippen molar-refractivity contribution >= 4 is 33.0 Å². The van der Waals surface area contributed by atoms with Crippen molar-refractivity contribution in [1.29, 1.82) is 0 Å². The van der Waals surface area contributed by atoms with Crippen LogP contribution in [0.25, 0.3) is 49.5 Å². The summed E-state index contributed by atoms with van der Waals surface area (Å²) >= 11 is 1.41. The molecular formula is C32H27F2N7O3S. The Hall–Kier alpha value is -5.01. The van der Waals surface area contributed by atoms with Crippen LogP contribution in [0.2, 0.25) is 0 Å². The molecule has 7 rings (SSSR count). The van der Waals surface area contributed by atoms with E-state index >= 15 is 4.39 Å². The maximum absolute atomic E-state index is 16.0. The van der Waals surface area contributed by atoms with Gasteiger partial charge in [-0.15, -0.1) is 11.3 Å². The molecule has 0 saturated carbocycles. The lowest BCUT2D eigenvalue weighted by Crippen LogP contribution is -2.40. The number of hydrogen-bond acceptors (Lipinski definition) is 8. The van der Waals surface area contributed by atoms with Crippen LogP contribution in [-0.2, 0) is 16.1 Å². The van der Waals surface area contributed by atoms with Crippen LogP contribution in [0.4, 0.5) is 8.78 Å². The maximum atomic E-state index is 16.0. The number of hydrogen-bond donors (Lipinski definition) is 0. The molecule has 1 atom stereocenters. The van der Waals surface area contributed by atoms with Gasteiger partial charge in [-0.05, 0) is 42.6 Å². The highest BCUT2D eigenvalue weighted by molar-refractivity contribution is 7.18. The summed E-state index contributed by atoms with van der Waals surface area (Å²) in [6.07, 6.45) is 4.57. The van der Waals surface area contributed by atoms with E-state index in [4.69, 9.17) is 19.6 Å². The predicted molar refractivity (Wildman–Crippen MR) is 166 cm³/mol. The quantitative estimate of drug-likeness (QED) is 0.152. The van der Waals surface area contributed by atoms with Gasteiger partial charge in [0.05, 0.1) is 36.1 Å². The average Bonchev–Trinajstić information content (AvgIpc) is 3.80. The summed E-state index contributed by atoms with van der Waals surface area (Å²) in [5.41, 5.74) is 4.23. The second kappa shape index (κ2) is 11.5. The zero-order valence-corrected chi connectivity index (χ0v) is 25.2. The third-order valence-corrected chi connectivity index (χ3v) is 8.87. The number of aromatic nitrogens is 6. The van der Waals surface area contributed by atoms with E-state index in [9.17, 15) is 9.18 Å². The molecular weight excluding hydrogens is 600 g/mol. The molecule has 5 aromatic heterocycles. The molecule has 10 nitrogen and oxygen atoms in total. The van der Waals surface area contributed by atoms with Crippen molar-refractivity contribution in [3.8, 4) is 39.5 Å². The van der Waals surface area contributed by atoms with Crippen molar-refractivity contribution in [3.05, 3.63) is 84.3 Å². The molecule has 0 saturated heterocycles. The summed E-state index contributed by atoms with van der Waals surface area (Å²) in [6, 6.07) is 9.29. The molecule has 1 amide bonds. The molecule has 0 fully saturated rings. The number of pyridine rings is 2. The second-order valence-corrected chi connectivity index (χ2v) is 11.4. The Morgan fingerprint density at radius 2 is 2.00 bits per heavy atom. The van der Waals surface area contributed by atoms with Gasteiger partial charge in [-0.2, -0.15) is 10.2 Å². The number of carbonyl (C=O) groups excluding carboxylic acids is 1. The van der Waals surface area contributed by atoms with Gasteiger partial charge in [0.25, 0.3) is 0 Å². The van der Waals surface area contributed by atoms with E-state index in [0.29, 0.717) is 41.4 Å². The summed E-state index contributed by atoms with van der Waals surface area (Å²) < 4.78 is 45.8. The fraction of sp³-hybridized carbons (Fsp3) is 0.219. The summed E-state index contributed by atoms with van der Waals surface area (Å²) in [7, 11) is 1.52. The van der Waals surface area contributed by atoms with Gasteiger partial charge in [-0.3, -0.25) is 9.48 Å². The van der Waals surface area contributed by atoms with E-state index in [1.807, 2.05) is 41.3 Å². The number of halogens is 2. The molecule has 0 radical (unpaired) electrons. The van der Waals surface area contributed by atoms with Crippen LogP contribution in [-0.4, -0.2) is 67.0 Å². The van der Waals surface area contributed by atoms with E-state index in [-0.39, 0.29) is 36.5 Å². The average molecular weight is 628 g/mol. The first-order valence-electron chi connectivity index (χ1n) is 14.2. The van der Waals surface area contributed by atoms with Crippen molar-refractivity contribution in [1.82, 2.24) is 34.3 Å². The molecule has 6 aromatic rings. The minimum atomic E-state index is -0.794. The number of fused-ring (bicyclic) bond motifs is 3. The fourth-order valence-corrected chi connectivity index (χ4v) is 6.75. The number of ether oxygens (including phenoxy) is 2. The van der Waals surface area contributed by atoms with Crippen LogP contribution in [0, 0.1) is 11.6 Å². The molecule has 0 aliphatic carbocycles. The number of methoxy groups -OCH3 is 1. The lowest BCUT2D eigenvalue weighted by Gasteiger charge is -2.33. The molecule has 6 heterocycles. The first-order valence-corrected chi connectivity index (χ1v) is 15.1. The van der Waals surface area contributed by atoms with Crippen molar-refractivity contribution in [2.45, 2.75) is 19.5 Å².